The number of aryl methyl sites for hydroxylation is 1. The van der Waals surface area contributed by atoms with Crippen LogP contribution in [0.4, 0.5) is 5.95 Å². The number of nitrogen functional groups attached to an aromatic ring is 1. The highest BCUT2D eigenvalue weighted by atomic mass is 16.5. The van der Waals surface area contributed by atoms with E-state index in [0.717, 1.165) is 18.4 Å². The van der Waals surface area contributed by atoms with E-state index in [1.54, 1.807) is 6.20 Å². The minimum Gasteiger partial charge on any atom is -0.474 e. The lowest BCUT2D eigenvalue weighted by molar-refractivity contribution is 0.200. The Hall–Kier alpha value is -1.36. The molecule has 5 heteroatoms. The van der Waals surface area contributed by atoms with Gasteiger partial charge in [-0.2, -0.15) is 4.98 Å². The van der Waals surface area contributed by atoms with Gasteiger partial charge < -0.3 is 4.74 Å². The van der Waals surface area contributed by atoms with Gasteiger partial charge >= 0.3 is 0 Å². The minimum absolute atomic E-state index is 0.309. The number of hydrogen-bond acceptors (Lipinski definition) is 5. The summed E-state index contributed by atoms with van der Waals surface area (Å²) < 4.78 is 5.80. The molecule has 0 atom stereocenters. The van der Waals surface area contributed by atoms with E-state index in [4.69, 9.17) is 10.6 Å². The fourth-order valence-corrected chi connectivity index (χ4v) is 1.78. The van der Waals surface area contributed by atoms with Crippen LogP contribution < -0.4 is 16.0 Å². The molecule has 1 aromatic heterocycles. The van der Waals surface area contributed by atoms with Crippen molar-refractivity contribution in [2.45, 2.75) is 38.7 Å². The standard InChI is InChI=1S/C10H16N4O/c1-7-6-12-10(14-11)13-9(7)15-8-4-2-3-5-8/h6,8H,2-5,11H2,1H3,(H,12,13,14). The molecule has 82 valence electrons. The van der Waals surface area contributed by atoms with Crippen molar-refractivity contribution < 1.29 is 4.74 Å². The number of anilines is 1. The molecule has 1 aliphatic rings. The summed E-state index contributed by atoms with van der Waals surface area (Å²) in [6.45, 7) is 1.94. The Kier molecular flexibility index (Phi) is 3.01. The Morgan fingerprint density at radius 2 is 2.20 bits per heavy atom. The molecule has 0 radical (unpaired) electrons. The molecule has 2 rings (SSSR count). The SMILES string of the molecule is Cc1cnc(NN)nc1OC1CCCC1. The van der Waals surface area contributed by atoms with Crippen molar-refractivity contribution in [3.05, 3.63) is 11.8 Å². The maximum absolute atomic E-state index is 5.80. The fourth-order valence-electron chi connectivity index (χ4n) is 1.78. The van der Waals surface area contributed by atoms with Crippen LogP contribution >= 0.6 is 0 Å². The number of hydrogen-bond donors (Lipinski definition) is 2. The number of hydrazine groups is 1. The zero-order chi connectivity index (χ0) is 10.7. The molecule has 0 saturated heterocycles. The molecule has 3 N–H and O–H groups in total. The smallest absolute Gasteiger partial charge is 0.240 e. The summed E-state index contributed by atoms with van der Waals surface area (Å²) in [6, 6.07) is 0. The van der Waals surface area contributed by atoms with Crippen molar-refractivity contribution in [1.82, 2.24) is 9.97 Å². The normalized spacial score (nSPS) is 16.7. The second-order valence-corrected chi connectivity index (χ2v) is 3.85. The zero-order valence-electron chi connectivity index (χ0n) is 8.86. The highest BCUT2D eigenvalue weighted by Crippen LogP contribution is 2.24. The van der Waals surface area contributed by atoms with Gasteiger partial charge in [0.2, 0.25) is 11.8 Å². The molecule has 0 spiro atoms. The second-order valence-electron chi connectivity index (χ2n) is 3.85. The van der Waals surface area contributed by atoms with Crippen LogP contribution in [0.5, 0.6) is 5.88 Å². The fraction of sp³-hybridized carbons (Fsp3) is 0.600. The maximum atomic E-state index is 5.80. The number of nitrogens with one attached hydrogen (secondary N) is 1. The maximum Gasteiger partial charge on any atom is 0.240 e. The van der Waals surface area contributed by atoms with Crippen LogP contribution in [0.15, 0.2) is 6.20 Å². The van der Waals surface area contributed by atoms with E-state index >= 15 is 0 Å². The Balaban J connectivity index is 2.11. The highest BCUT2D eigenvalue weighted by molar-refractivity contribution is 5.31. The van der Waals surface area contributed by atoms with Gasteiger partial charge in [0.1, 0.15) is 6.10 Å². The molecule has 0 aliphatic heterocycles. The van der Waals surface area contributed by atoms with Crippen LogP contribution in [0.3, 0.4) is 0 Å². The predicted octanol–water partition coefficient (Wildman–Crippen LogP) is 1.39. The highest BCUT2D eigenvalue weighted by Gasteiger charge is 2.18. The first kappa shape index (κ1) is 10.2. The van der Waals surface area contributed by atoms with Crippen LogP contribution in [0.25, 0.3) is 0 Å². The molecular weight excluding hydrogens is 192 g/mol. The summed E-state index contributed by atoms with van der Waals surface area (Å²) in [7, 11) is 0. The average molecular weight is 208 g/mol. The van der Waals surface area contributed by atoms with E-state index in [1.807, 2.05) is 6.92 Å². The molecule has 1 aliphatic carbocycles. The molecule has 15 heavy (non-hydrogen) atoms. The molecule has 0 unspecified atom stereocenters. The van der Waals surface area contributed by atoms with E-state index in [-0.39, 0.29) is 0 Å². The molecule has 5 nitrogen and oxygen atoms in total. The number of nitrogens with two attached hydrogens (primary N) is 1. The van der Waals surface area contributed by atoms with Crippen molar-refractivity contribution >= 4 is 5.95 Å². The van der Waals surface area contributed by atoms with E-state index in [0.29, 0.717) is 17.9 Å². The lowest BCUT2D eigenvalue weighted by atomic mass is 10.3. The molecule has 0 bridgehead atoms. The largest absolute Gasteiger partial charge is 0.474 e. The summed E-state index contributed by atoms with van der Waals surface area (Å²) in [5, 5.41) is 0. The number of aromatic nitrogens is 2. The summed E-state index contributed by atoms with van der Waals surface area (Å²) in [5.74, 6) is 6.29. The third kappa shape index (κ3) is 2.36. The molecule has 1 saturated carbocycles. The first-order chi connectivity index (χ1) is 7.29. The van der Waals surface area contributed by atoms with Crippen LogP contribution in [-0.4, -0.2) is 16.1 Å². The van der Waals surface area contributed by atoms with E-state index in [1.165, 1.54) is 12.8 Å². The predicted molar refractivity (Wildman–Crippen MR) is 57.5 cm³/mol. The van der Waals surface area contributed by atoms with Crippen molar-refractivity contribution in [2.24, 2.45) is 5.84 Å². The van der Waals surface area contributed by atoms with E-state index in [2.05, 4.69) is 15.4 Å². The van der Waals surface area contributed by atoms with Gasteiger partial charge in [0.05, 0.1) is 0 Å². The summed E-state index contributed by atoms with van der Waals surface area (Å²) >= 11 is 0. The molecule has 0 aromatic carbocycles. The van der Waals surface area contributed by atoms with Gasteiger partial charge in [-0.15, -0.1) is 0 Å². The van der Waals surface area contributed by atoms with Crippen molar-refractivity contribution in [3.8, 4) is 5.88 Å². The second kappa shape index (κ2) is 4.44. The first-order valence-corrected chi connectivity index (χ1v) is 5.26. The van der Waals surface area contributed by atoms with Crippen molar-refractivity contribution in [2.75, 3.05) is 5.43 Å². The van der Waals surface area contributed by atoms with Gasteiger partial charge in [-0.25, -0.2) is 10.8 Å². The molecule has 1 fully saturated rings. The minimum atomic E-state index is 0.309. The van der Waals surface area contributed by atoms with Crippen LogP contribution in [0, 0.1) is 6.92 Å². The Labute approximate surface area is 89.0 Å². The third-order valence-corrected chi connectivity index (χ3v) is 2.63. The lowest BCUT2D eigenvalue weighted by Crippen LogP contribution is -2.15. The number of rotatable bonds is 3. The van der Waals surface area contributed by atoms with E-state index in [9.17, 15) is 0 Å². The van der Waals surface area contributed by atoms with Gasteiger partial charge in [0.15, 0.2) is 0 Å². The number of nitrogens with zero attached hydrogens (tertiary/aromatic N) is 2. The molecular formula is C10H16N4O. The van der Waals surface area contributed by atoms with E-state index < -0.39 is 0 Å². The van der Waals surface area contributed by atoms with Crippen LogP contribution in [-0.2, 0) is 0 Å². The van der Waals surface area contributed by atoms with Gasteiger partial charge in [0.25, 0.3) is 0 Å². The Morgan fingerprint density at radius 1 is 1.47 bits per heavy atom. The Morgan fingerprint density at radius 3 is 2.87 bits per heavy atom. The van der Waals surface area contributed by atoms with Crippen molar-refractivity contribution in [3.63, 3.8) is 0 Å². The quantitative estimate of drug-likeness (QED) is 0.580. The summed E-state index contributed by atoms with van der Waals surface area (Å²) in [6.07, 6.45) is 6.76. The van der Waals surface area contributed by atoms with Gasteiger partial charge in [-0.1, -0.05) is 0 Å². The van der Waals surface area contributed by atoms with Gasteiger partial charge in [-0.05, 0) is 32.6 Å². The topological polar surface area (TPSA) is 73.1 Å². The van der Waals surface area contributed by atoms with Crippen LogP contribution in [0.1, 0.15) is 31.2 Å². The van der Waals surface area contributed by atoms with Gasteiger partial charge in [0, 0.05) is 11.8 Å². The summed E-state index contributed by atoms with van der Waals surface area (Å²) in [5.41, 5.74) is 3.36. The Bertz CT molecular complexity index is 336. The van der Waals surface area contributed by atoms with Crippen molar-refractivity contribution in [1.29, 1.82) is 0 Å². The molecule has 0 amide bonds. The molecule has 1 heterocycles. The van der Waals surface area contributed by atoms with Crippen LogP contribution in [0.2, 0.25) is 0 Å². The zero-order valence-corrected chi connectivity index (χ0v) is 8.86. The monoisotopic (exact) mass is 208 g/mol. The van der Waals surface area contributed by atoms with Gasteiger partial charge in [-0.3, -0.25) is 5.43 Å². The summed E-state index contributed by atoms with van der Waals surface area (Å²) in [4.78, 5) is 8.19. The molecule has 1 aromatic rings. The number of ether oxygens (including phenoxy) is 1. The average Bonchev–Trinajstić information content (AvgIpc) is 2.74. The third-order valence-electron chi connectivity index (χ3n) is 2.63. The lowest BCUT2D eigenvalue weighted by Gasteiger charge is -2.14. The first-order valence-electron chi connectivity index (χ1n) is 5.26.